The molecule has 0 unspecified atom stereocenters. The molecule has 1 aromatic carbocycles. The Labute approximate surface area is 125 Å². The number of hydrogen-bond acceptors (Lipinski definition) is 3. The van der Waals surface area contributed by atoms with Crippen molar-refractivity contribution in [3.8, 4) is 0 Å². The SMILES string of the molecule is C[C@H](N[C@@H](C)c1ccc2c(c1)CCCC2)C(=O)NC(N)=O. The second kappa shape index (κ2) is 6.72. The van der Waals surface area contributed by atoms with Crippen LogP contribution in [0.5, 0.6) is 0 Å². The molecule has 5 nitrogen and oxygen atoms in total. The highest BCUT2D eigenvalue weighted by atomic mass is 16.2. The Hall–Kier alpha value is -1.88. The van der Waals surface area contributed by atoms with Crippen LogP contribution in [0.25, 0.3) is 0 Å². The van der Waals surface area contributed by atoms with Crippen LogP contribution in [-0.4, -0.2) is 18.0 Å². The molecule has 1 aromatic rings. The lowest BCUT2D eigenvalue weighted by molar-refractivity contribution is -0.121. The highest BCUT2D eigenvalue weighted by molar-refractivity contribution is 5.96. The first-order valence-corrected chi connectivity index (χ1v) is 7.45. The zero-order valence-electron chi connectivity index (χ0n) is 12.6. The highest BCUT2D eigenvalue weighted by Crippen LogP contribution is 2.24. The zero-order chi connectivity index (χ0) is 15.4. The maximum atomic E-state index is 11.7. The van der Waals surface area contributed by atoms with Crippen LogP contribution >= 0.6 is 0 Å². The summed E-state index contributed by atoms with van der Waals surface area (Å²) in [4.78, 5) is 22.4. The Morgan fingerprint density at radius 2 is 1.81 bits per heavy atom. The number of hydrogen-bond donors (Lipinski definition) is 3. The van der Waals surface area contributed by atoms with Crippen molar-refractivity contribution in [1.29, 1.82) is 0 Å². The van der Waals surface area contributed by atoms with Crippen LogP contribution < -0.4 is 16.4 Å². The summed E-state index contributed by atoms with van der Waals surface area (Å²) < 4.78 is 0. The molecule has 5 heteroatoms. The number of urea groups is 1. The Morgan fingerprint density at radius 1 is 1.14 bits per heavy atom. The van der Waals surface area contributed by atoms with Gasteiger partial charge in [0.25, 0.3) is 0 Å². The van der Waals surface area contributed by atoms with E-state index in [0.717, 1.165) is 18.4 Å². The number of imide groups is 1. The molecule has 2 rings (SSSR count). The van der Waals surface area contributed by atoms with Crippen LogP contribution in [0, 0.1) is 0 Å². The molecular formula is C16H23N3O2. The van der Waals surface area contributed by atoms with E-state index in [4.69, 9.17) is 5.73 Å². The van der Waals surface area contributed by atoms with Gasteiger partial charge in [-0.05, 0) is 56.2 Å². The lowest BCUT2D eigenvalue weighted by Gasteiger charge is -2.22. The van der Waals surface area contributed by atoms with Gasteiger partial charge in [-0.1, -0.05) is 18.2 Å². The van der Waals surface area contributed by atoms with Crippen LogP contribution in [0.1, 0.15) is 49.4 Å². The summed E-state index contributed by atoms with van der Waals surface area (Å²) >= 11 is 0. The van der Waals surface area contributed by atoms with E-state index in [1.54, 1.807) is 6.92 Å². The van der Waals surface area contributed by atoms with E-state index < -0.39 is 18.0 Å². The van der Waals surface area contributed by atoms with Gasteiger partial charge in [-0.2, -0.15) is 0 Å². The average molecular weight is 289 g/mol. The van der Waals surface area contributed by atoms with Crippen molar-refractivity contribution < 1.29 is 9.59 Å². The van der Waals surface area contributed by atoms with E-state index in [-0.39, 0.29) is 6.04 Å². The van der Waals surface area contributed by atoms with Crippen molar-refractivity contribution in [3.63, 3.8) is 0 Å². The first kappa shape index (κ1) is 15.5. The number of benzene rings is 1. The van der Waals surface area contributed by atoms with Crippen molar-refractivity contribution in [2.45, 2.75) is 51.6 Å². The highest BCUT2D eigenvalue weighted by Gasteiger charge is 2.18. The Bertz CT molecular complexity index is 542. The first-order valence-electron chi connectivity index (χ1n) is 7.45. The smallest absolute Gasteiger partial charge is 0.318 e. The van der Waals surface area contributed by atoms with E-state index in [2.05, 4.69) is 28.8 Å². The number of carbonyl (C=O) groups excluding carboxylic acids is 2. The molecule has 4 N–H and O–H groups in total. The molecule has 0 fully saturated rings. The molecule has 0 saturated heterocycles. The van der Waals surface area contributed by atoms with Crippen LogP contribution in [0.15, 0.2) is 18.2 Å². The Kier molecular flexibility index (Phi) is 4.96. The molecule has 114 valence electrons. The van der Waals surface area contributed by atoms with Crippen LogP contribution in [0.4, 0.5) is 4.79 Å². The standard InChI is InChI=1S/C16H23N3O2/c1-10(18-11(2)15(20)19-16(17)21)13-8-7-12-5-3-4-6-14(12)9-13/h7-11,18H,3-6H2,1-2H3,(H3,17,19,20,21)/t10-,11-/m0/s1. The molecule has 1 aliphatic rings. The Balaban J connectivity index is 2.01. The fourth-order valence-corrected chi connectivity index (χ4v) is 2.80. The lowest BCUT2D eigenvalue weighted by Crippen LogP contribution is -2.47. The summed E-state index contributed by atoms with van der Waals surface area (Å²) in [7, 11) is 0. The zero-order valence-corrected chi connectivity index (χ0v) is 12.6. The third-order valence-corrected chi connectivity index (χ3v) is 4.01. The second-order valence-electron chi connectivity index (χ2n) is 5.70. The normalized spacial score (nSPS) is 16.7. The van der Waals surface area contributed by atoms with Gasteiger partial charge in [0.2, 0.25) is 5.91 Å². The lowest BCUT2D eigenvalue weighted by atomic mass is 9.89. The number of nitrogens with one attached hydrogen (secondary N) is 2. The van der Waals surface area contributed by atoms with Crippen molar-refractivity contribution in [2.75, 3.05) is 0 Å². The number of rotatable bonds is 4. The number of primary amides is 1. The van der Waals surface area contributed by atoms with Gasteiger partial charge in [-0.3, -0.25) is 15.4 Å². The summed E-state index contributed by atoms with van der Waals surface area (Å²) in [6.07, 6.45) is 4.81. The predicted octanol–water partition coefficient (Wildman–Crippen LogP) is 1.80. The largest absolute Gasteiger partial charge is 0.351 e. The van der Waals surface area contributed by atoms with Gasteiger partial charge in [-0.25, -0.2) is 4.79 Å². The second-order valence-corrected chi connectivity index (χ2v) is 5.70. The minimum atomic E-state index is -0.824. The molecule has 0 saturated carbocycles. The number of aryl methyl sites for hydroxylation is 2. The van der Waals surface area contributed by atoms with Gasteiger partial charge >= 0.3 is 6.03 Å². The van der Waals surface area contributed by atoms with E-state index in [0.29, 0.717) is 0 Å². The number of carbonyl (C=O) groups is 2. The van der Waals surface area contributed by atoms with Crippen LogP contribution in [0.3, 0.4) is 0 Å². The van der Waals surface area contributed by atoms with Crippen molar-refractivity contribution in [1.82, 2.24) is 10.6 Å². The van der Waals surface area contributed by atoms with Crippen molar-refractivity contribution in [3.05, 3.63) is 34.9 Å². The fourth-order valence-electron chi connectivity index (χ4n) is 2.80. The maximum Gasteiger partial charge on any atom is 0.318 e. The van der Waals surface area contributed by atoms with Crippen molar-refractivity contribution in [2.24, 2.45) is 5.73 Å². The summed E-state index contributed by atoms with van der Waals surface area (Å²) in [5.41, 5.74) is 8.97. The molecule has 0 radical (unpaired) electrons. The van der Waals surface area contributed by atoms with E-state index in [9.17, 15) is 9.59 Å². The Morgan fingerprint density at radius 3 is 2.48 bits per heavy atom. The molecule has 0 heterocycles. The van der Waals surface area contributed by atoms with Gasteiger partial charge in [0, 0.05) is 6.04 Å². The van der Waals surface area contributed by atoms with Gasteiger partial charge in [-0.15, -0.1) is 0 Å². The van der Waals surface area contributed by atoms with E-state index >= 15 is 0 Å². The number of nitrogens with two attached hydrogens (primary N) is 1. The molecule has 0 bridgehead atoms. The molecule has 0 spiro atoms. The summed E-state index contributed by atoms with van der Waals surface area (Å²) in [5, 5.41) is 5.27. The summed E-state index contributed by atoms with van der Waals surface area (Å²) in [6.45, 7) is 3.73. The third kappa shape index (κ3) is 4.04. The van der Waals surface area contributed by atoms with Gasteiger partial charge < -0.3 is 5.73 Å². The summed E-state index contributed by atoms with van der Waals surface area (Å²) in [6, 6.07) is 5.26. The van der Waals surface area contributed by atoms with Gasteiger partial charge in [0.1, 0.15) is 0 Å². The fraction of sp³-hybridized carbons (Fsp3) is 0.500. The van der Waals surface area contributed by atoms with E-state index in [1.165, 1.54) is 24.0 Å². The maximum absolute atomic E-state index is 11.7. The topological polar surface area (TPSA) is 84.2 Å². The van der Waals surface area contributed by atoms with E-state index in [1.807, 2.05) is 6.92 Å². The summed E-state index contributed by atoms with van der Waals surface area (Å²) in [5.74, 6) is -0.410. The van der Waals surface area contributed by atoms with Crippen LogP contribution in [0.2, 0.25) is 0 Å². The molecule has 21 heavy (non-hydrogen) atoms. The molecule has 0 aromatic heterocycles. The molecule has 0 aliphatic heterocycles. The molecule has 2 atom stereocenters. The predicted molar refractivity (Wildman–Crippen MR) is 81.8 cm³/mol. The monoisotopic (exact) mass is 289 g/mol. The quantitative estimate of drug-likeness (QED) is 0.790. The van der Waals surface area contributed by atoms with Crippen molar-refractivity contribution >= 4 is 11.9 Å². The third-order valence-electron chi connectivity index (χ3n) is 4.01. The first-order chi connectivity index (χ1) is 9.97. The molecular weight excluding hydrogens is 266 g/mol. The van der Waals surface area contributed by atoms with Gasteiger partial charge in [0.15, 0.2) is 0 Å². The van der Waals surface area contributed by atoms with Gasteiger partial charge in [0.05, 0.1) is 6.04 Å². The minimum Gasteiger partial charge on any atom is -0.351 e. The average Bonchev–Trinajstić information content (AvgIpc) is 2.45. The molecule has 1 aliphatic carbocycles. The number of amides is 3. The minimum absolute atomic E-state index is 0.0332. The van der Waals surface area contributed by atoms with Crippen LogP contribution in [-0.2, 0) is 17.6 Å². The molecule has 3 amide bonds. The number of fused-ring (bicyclic) bond motifs is 1.